The van der Waals surface area contributed by atoms with Gasteiger partial charge in [0.2, 0.25) is 0 Å². The van der Waals surface area contributed by atoms with Gasteiger partial charge in [-0.05, 0) is 50.1 Å². The SMILES string of the molecule is Cc1cc(COc2c(C)cc(C#N)cc2C)n(C)n1. The van der Waals surface area contributed by atoms with Crippen LogP contribution in [0.1, 0.15) is 28.1 Å². The van der Waals surface area contributed by atoms with Crippen molar-refractivity contribution in [3.8, 4) is 11.8 Å². The van der Waals surface area contributed by atoms with Crippen molar-refractivity contribution in [2.75, 3.05) is 0 Å². The smallest absolute Gasteiger partial charge is 0.130 e. The van der Waals surface area contributed by atoms with Gasteiger partial charge in [0.05, 0.1) is 23.0 Å². The number of ether oxygens (including phenoxy) is 1. The average molecular weight is 255 g/mol. The highest BCUT2D eigenvalue weighted by Crippen LogP contribution is 2.25. The Morgan fingerprint density at radius 1 is 1.21 bits per heavy atom. The minimum absolute atomic E-state index is 0.477. The molecule has 0 unspecified atom stereocenters. The maximum Gasteiger partial charge on any atom is 0.130 e. The molecule has 0 saturated heterocycles. The molecule has 0 aliphatic carbocycles. The van der Waals surface area contributed by atoms with Crippen LogP contribution in [0.15, 0.2) is 18.2 Å². The van der Waals surface area contributed by atoms with E-state index >= 15 is 0 Å². The molecule has 4 heteroatoms. The lowest BCUT2D eigenvalue weighted by Gasteiger charge is -2.12. The van der Waals surface area contributed by atoms with Crippen LogP contribution in [0.2, 0.25) is 0 Å². The number of aromatic nitrogens is 2. The molecule has 2 rings (SSSR count). The first-order valence-electron chi connectivity index (χ1n) is 6.15. The Labute approximate surface area is 113 Å². The minimum Gasteiger partial charge on any atom is -0.487 e. The Morgan fingerprint density at radius 2 is 1.84 bits per heavy atom. The zero-order valence-electron chi connectivity index (χ0n) is 11.7. The van der Waals surface area contributed by atoms with Crippen molar-refractivity contribution in [3.63, 3.8) is 0 Å². The van der Waals surface area contributed by atoms with Crippen LogP contribution < -0.4 is 4.74 Å². The molecule has 0 fully saturated rings. The molecule has 0 aliphatic heterocycles. The number of benzene rings is 1. The van der Waals surface area contributed by atoms with E-state index in [4.69, 9.17) is 10.00 Å². The van der Waals surface area contributed by atoms with Gasteiger partial charge in [0.15, 0.2) is 0 Å². The third-order valence-electron chi connectivity index (χ3n) is 3.05. The molecule has 1 aromatic heterocycles. The fourth-order valence-electron chi connectivity index (χ4n) is 2.19. The van der Waals surface area contributed by atoms with E-state index in [0.29, 0.717) is 12.2 Å². The molecule has 0 radical (unpaired) electrons. The van der Waals surface area contributed by atoms with Crippen molar-refractivity contribution < 1.29 is 4.74 Å². The Hall–Kier alpha value is -2.28. The average Bonchev–Trinajstić information content (AvgIpc) is 2.66. The fraction of sp³-hybridized carbons (Fsp3) is 0.333. The van der Waals surface area contributed by atoms with E-state index in [1.807, 2.05) is 50.7 Å². The number of aryl methyl sites for hydroxylation is 4. The van der Waals surface area contributed by atoms with Gasteiger partial charge in [-0.25, -0.2) is 0 Å². The number of hydrogen-bond donors (Lipinski definition) is 0. The highest BCUT2D eigenvalue weighted by molar-refractivity contribution is 5.47. The van der Waals surface area contributed by atoms with Gasteiger partial charge >= 0.3 is 0 Å². The van der Waals surface area contributed by atoms with Crippen molar-refractivity contribution in [2.24, 2.45) is 7.05 Å². The Morgan fingerprint density at radius 3 is 2.32 bits per heavy atom. The summed E-state index contributed by atoms with van der Waals surface area (Å²) in [4.78, 5) is 0. The van der Waals surface area contributed by atoms with E-state index < -0.39 is 0 Å². The summed E-state index contributed by atoms with van der Waals surface area (Å²) in [6, 6.07) is 7.85. The minimum atomic E-state index is 0.477. The number of rotatable bonds is 3. The van der Waals surface area contributed by atoms with Crippen molar-refractivity contribution in [3.05, 3.63) is 46.3 Å². The number of nitrogens with zero attached hydrogens (tertiary/aromatic N) is 3. The molecule has 0 bridgehead atoms. The summed E-state index contributed by atoms with van der Waals surface area (Å²) in [7, 11) is 1.91. The van der Waals surface area contributed by atoms with E-state index in [0.717, 1.165) is 28.3 Å². The molecule has 1 heterocycles. The fourth-order valence-corrected chi connectivity index (χ4v) is 2.19. The predicted molar refractivity (Wildman–Crippen MR) is 72.9 cm³/mol. The van der Waals surface area contributed by atoms with Crippen LogP contribution in [0.3, 0.4) is 0 Å². The van der Waals surface area contributed by atoms with Crippen molar-refractivity contribution in [1.82, 2.24) is 9.78 Å². The lowest BCUT2D eigenvalue weighted by Crippen LogP contribution is -2.04. The van der Waals surface area contributed by atoms with Crippen molar-refractivity contribution in [1.29, 1.82) is 5.26 Å². The van der Waals surface area contributed by atoms with E-state index in [2.05, 4.69) is 11.2 Å². The van der Waals surface area contributed by atoms with Crippen LogP contribution in [0.25, 0.3) is 0 Å². The molecular weight excluding hydrogens is 238 g/mol. The highest BCUT2D eigenvalue weighted by Gasteiger charge is 2.08. The summed E-state index contributed by atoms with van der Waals surface area (Å²) in [6.07, 6.45) is 0. The molecule has 4 nitrogen and oxygen atoms in total. The monoisotopic (exact) mass is 255 g/mol. The van der Waals surface area contributed by atoms with E-state index in [1.165, 1.54) is 0 Å². The molecule has 0 atom stereocenters. The molecule has 0 N–H and O–H groups in total. The molecule has 0 spiro atoms. The first kappa shape index (κ1) is 13.2. The van der Waals surface area contributed by atoms with Crippen LogP contribution in [0.5, 0.6) is 5.75 Å². The van der Waals surface area contributed by atoms with Crippen LogP contribution in [-0.4, -0.2) is 9.78 Å². The maximum atomic E-state index is 8.92. The zero-order valence-corrected chi connectivity index (χ0v) is 11.7. The summed E-state index contributed by atoms with van der Waals surface area (Å²) >= 11 is 0. The summed E-state index contributed by atoms with van der Waals surface area (Å²) in [5.41, 5.74) is 4.64. The van der Waals surface area contributed by atoms with Gasteiger partial charge in [0, 0.05) is 7.05 Å². The Kier molecular flexibility index (Phi) is 3.57. The molecule has 19 heavy (non-hydrogen) atoms. The molecule has 0 saturated carbocycles. The van der Waals surface area contributed by atoms with Gasteiger partial charge < -0.3 is 4.74 Å². The van der Waals surface area contributed by atoms with Gasteiger partial charge in [-0.1, -0.05) is 0 Å². The largest absolute Gasteiger partial charge is 0.487 e. The van der Waals surface area contributed by atoms with Gasteiger partial charge in [-0.2, -0.15) is 10.4 Å². The number of hydrogen-bond acceptors (Lipinski definition) is 3. The maximum absolute atomic E-state index is 8.92. The van der Waals surface area contributed by atoms with Crippen molar-refractivity contribution in [2.45, 2.75) is 27.4 Å². The third kappa shape index (κ3) is 2.76. The summed E-state index contributed by atoms with van der Waals surface area (Å²) in [6.45, 7) is 6.35. The summed E-state index contributed by atoms with van der Waals surface area (Å²) in [5.74, 6) is 0.845. The van der Waals surface area contributed by atoms with Gasteiger partial charge in [-0.3, -0.25) is 4.68 Å². The van der Waals surface area contributed by atoms with E-state index in [9.17, 15) is 0 Å². The van der Waals surface area contributed by atoms with Gasteiger partial charge in [0.1, 0.15) is 12.4 Å². The molecular formula is C15H17N3O. The molecule has 98 valence electrons. The first-order valence-corrected chi connectivity index (χ1v) is 6.15. The second kappa shape index (κ2) is 5.15. The molecule has 0 aliphatic rings. The molecule has 2 aromatic rings. The molecule has 0 amide bonds. The topological polar surface area (TPSA) is 50.8 Å². The lowest BCUT2D eigenvalue weighted by atomic mass is 10.1. The van der Waals surface area contributed by atoms with Gasteiger partial charge in [-0.15, -0.1) is 0 Å². The normalized spacial score (nSPS) is 10.3. The van der Waals surface area contributed by atoms with Crippen LogP contribution in [0, 0.1) is 32.1 Å². The zero-order chi connectivity index (χ0) is 14.0. The van der Waals surface area contributed by atoms with Gasteiger partial charge in [0.25, 0.3) is 0 Å². The van der Waals surface area contributed by atoms with Crippen molar-refractivity contribution >= 4 is 0 Å². The molecule has 1 aromatic carbocycles. The first-order chi connectivity index (χ1) is 9.01. The summed E-state index contributed by atoms with van der Waals surface area (Å²) < 4.78 is 7.70. The summed E-state index contributed by atoms with van der Waals surface area (Å²) in [5, 5.41) is 13.2. The predicted octanol–water partition coefficient (Wildman–Crippen LogP) is 2.80. The van der Waals surface area contributed by atoms with E-state index in [-0.39, 0.29) is 0 Å². The quantitative estimate of drug-likeness (QED) is 0.847. The van der Waals surface area contributed by atoms with E-state index in [1.54, 1.807) is 0 Å². The standard InChI is InChI=1S/C15H17N3O/c1-10-5-13(8-16)6-11(2)15(10)19-9-14-7-12(3)17-18(14)4/h5-7H,9H2,1-4H3. The number of nitriles is 1. The van der Waals surface area contributed by atoms with Crippen LogP contribution >= 0.6 is 0 Å². The second-order valence-corrected chi connectivity index (χ2v) is 4.74. The van der Waals surface area contributed by atoms with Crippen LogP contribution in [0.4, 0.5) is 0 Å². The lowest BCUT2D eigenvalue weighted by molar-refractivity contribution is 0.291. The third-order valence-corrected chi connectivity index (χ3v) is 3.05. The second-order valence-electron chi connectivity index (χ2n) is 4.74. The van der Waals surface area contributed by atoms with Crippen LogP contribution in [-0.2, 0) is 13.7 Å². The Bertz CT molecular complexity index is 627. The Balaban J connectivity index is 2.21. The highest BCUT2D eigenvalue weighted by atomic mass is 16.5.